The first-order valence-corrected chi connectivity index (χ1v) is 11.8. The Hall–Kier alpha value is -2.53. The standard InChI is InChI=1S/C26H25Cl3N2O2/c1-2-6-24(32)31(17-18-9-12-21(27)13-10-18)25(19-7-4-3-5-8-19)26(33)30-16-20-11-14-22(28)15-23(20)29/h3-5,7-15,25H,2,6,16-17H2,1H3,(H,30,33)/t25-/m0/s1. The molecule has 0 aliphatic rings. The largest absolute Gasteiger partial charge is 0.350 e. The number of halogens is 3. The van der Waals surface area contributed by atoms with Crippen LogP contribution < -0.4 is 5.32 Å². The van der Waals surface area contributed by atoms with Crippen molar-refractivity contribution in [2.75, 3.05) is 0 Å². The van der Waals surface area contributed by atoms with Crippen LogP contribution in [0.1, 0.15) is 42.5 Å². The van der Waals surface area contributed by atoms with Crippen molar-refractivity contribution in [2.24, 2.45) is 0 Å². The number of hydrogen-bond acceptors (Lipinski definition) is 2. The maximum absolute atomic E-state index is 13.5. The Balaban J connectivity index is 1.92. The lowest BCUT2D eigenvalue weighted by atomic mass is 10.0. The molecule has 0 saturated carbocycles. The molecule has 0 fully saturated rings. The Morgan fingerprint density at radius 1 is 0.909 bits per heavy atom. The number of nitrogens with one attached hydrogen (secondary N) is 1. The molecule has 0 saturated heterocycles. The molecular formula is C26H25Cl3N2O2. The summed E-state index contributed by atoms with van der Waals surface area (Å²) < 4.78 is 0. The van der Waals surface area contributed by atoms with Gasteiger partial charge in [0.1, 0.15) is 6.04 Å². The Bertz CT molecular complexity index is 1090. The van der Waals surface area contributed by atoms with Crippen LogP contribution in [0.5, 0.6) is 0 Å². The van der Waals surface area contributed by atoms with E-state index in [0.29, 0.717) is 27.9 Å². The average molecular weight is 504 g/mol. The molecule has 0 heterocycles. The Morgan fingerprint density at radius 2 is 1.58 bits per heavy atom. The summed E-state index contributed by atoms with van der Waals surface area (Å²) in [6.45, 7) is 2.44. The van der Waals surface area contributed by atoms with Gasteiger partial charge in [-0.1, -0.05) is 90.3 Å². The highest BCUT2D eigenvalue weighted by Crippen LogP contribution is 2.26. The predicted octanol–water partition coefficient (Wildman–Crippen LogP) is 6.83. The molecule has 0 bridgehead atoms. The fourth-order valence-corrected chi connectivity index (χ4v) is 4.12. The van der Waals surface area contributed by atoms with E-state index in [2.05, 4.69) is 5.32 Å². The van der Waals surface area contributed by atoms with E-state index in [1.165, 1.54) is 0 Å². The molecule has 3 aromatic carbocycles. The van der Waals surface area contributed by atoms with Crippen LogP contribution in [-0.2, 0) is 22.7 Å². The monoisotopic (exact) mass is 502 g/mol. The van der Waals surface area contributed by atoms with E-state index in [9.17, 15) is 9.59 Å². The molecule has 4 nitrogen and oxygen atoms in total. The van der Waals surface area contributed by atoms with Gasteiger partial charge in [-0.05, 0) is 47.4 Å². The van der Waals surface area contributed by atoms with Crippen molar-refractivity contribution in [3.8, 4) is 0 Å². The predicted molar refractivity (Wildman–Crippen MR) is 134 cm³/mol. The summed E-state index contributed by atoms with van der Waals surface area (Å²) in [6, 6.07) is 20.9. The van der Waals surface area contributed by atoms with Gasteiger partial charge in [0, 0.05) is 34.6 Å². The van der Waals surface area contributed by atoms with Crippen LogP contribution in [0.15, 0.2) is 72.8 Å². The van der Waals surface area contributed by atoms with E-state index < -0.39 is 6.04 Å². The summed E-state index contributed by atoms with van der Waals surface area (Å²) in [6.07, 6.45) is 1.02. The van der Waals surface area contributed by atoms with E-state index in [1.807, 2.05) is 49.4 Å². The van der Waals surface area contributed by atoms with Gasteiger partial charge in [0.15, 0.2) is 0 Å². The molecule has 0 aromatic heterocycles. The van der Waals surface area contributed by atoms with Gasteiger partial charge in [-0.15, -0.1) is 0 Å². The van der Waals surface area contributed by atoms with E-state index in [1.54, 1.807) is 35.2 Å². The van der Waals surface area contributed by atoms with Crippen LogP contribution in [0.25, 0.3) is 0 Å². The van der Waals surface area contributed by atoms with Gasteiger partial charge in [-0.3, -0.25) is 9.59 Å². The minimum Gasteiger partial charge on any atom is -0.350 e. The summed E-state index contributed by atoms with van der Waals surface area (Å²) in [4.78, 5) is 28.3. The number of hydrogen-bond donors (Lipinski definition) is 1. The van der Waals surface area contributed by atoms with Crippen LogP contribution in [0, 0.1) is 0 Å². The molecule has 33 heavy (non-hydrogen) atoms. The first-order chi connectivity index (χ1) is 15.9. The first kappa shape index (κ1) is 25.1. The zero-order valence-corrected chi connectivity index (χ0v) is 20.5. The third-order valence-corrected chi connectivity index (χ3v) is 6.03. The van der Waals surface area contributed by atoms with Crippen LogP contribution in [-0.4, -0.2) is 16.7 Å². The van der Waals surface area contributed by atoms with Gasteiger partial charge in [0.2, 0.25) is 11.8 Å². The highest BCUT2D eigenvalue weighted by molar-refractivity contribution is 6.35. The fourth-order valence-electron chi connectivity index (χ4n) is 3.52. The Morgan fingerprint density at radius 3 is 2.21 bits per heavy atom. The van der Waals surface area contributed by atoms with Crippen molar-refractivity contribution < 1.29 is 9.59 Å². The minimum atomic E-state index is -0.799. The lowest BCUT2D eigenvalue weighted by Gasteiger charge is -2.32. The van der Waals surface area contributed by atoms with Crippen molar-refractivity contribution in [1.82, 2.24) is 10.2 Å². The molecule has 0 radical (unpaired) electrons. The SMILES string of the molecule is CCCC(=O)N(Cc1ccc(Cl)cc1)[C@H](C(=O)NCc1ccc(Cl)cc1Cl)c1ccccc1. The van der Waals surface area contributed by atoms with Crippen LogP contribution >= 0.6 is 34.8 Å². The van der Waals surface area contributed by atoms with Crippen LogP contribution in [0.3, 0.4) is 0 Å². The molecular weight excluding hydrogens is 479 g/mol. The number of nitrogens with zero attached hydrogens (tertiary/aromatic N) is 1. The fraction of sp³-hybridized carbons (Fsp3) is 0.231. The summed E-state index contributed by atoms with van der Waals surface area (Å²) in [5.41, 5.74) is 2.36. The Labute approximate surface area is 209 Å². The van der Waals surface area contributed by atoms with Crippen molar-refractivity contribution in [2.45, 2.75) is 38.9 Å². The van der Waals surface area contributed by atoms with Gasteiger partial charge >= 0.3 is 0 Å². The quantitative estimate of drug-likeness (QED) is 0.348. The third-order valence-electron chi connectivity index (χ3n) is 5.19. The lowest BCUT2D eigenvalue weighted by molar-refractivity contribution is -0.141. The highest BCUT2D eigenvalue weighted by atomic mass is 35.5. The zero-order chi connectivity index (χ0) is 23.8. The molecule has 0 aliphatic carbocycles. The molecule has 0 unspecified atom stereocenters. The van der Waals surface area contributed by atoms with Crippen molar-refractivity contribution in [3.63, 3.8) is 0 Å². The minimum absolute atomic E-state index is 0.0963. The van der Waals surface area contributed by atoms with Crippen LogP contribution in [0.2, 0.25) is 15.1 Å². The number of amides is 2. The van der Waals surface area contributed by atoms with Gasteiger partial charge in [-0.2, -0.15) is 0 Å². The molecule has 172 valence electrons. The maximum Gasteiger partial charge on any atom is 0.247 e. The molecule has 0 aliphatic heterocycles. The van der Waals surface area contributed by atoms with Gasteiger partial charge in [0.05, 0.1) is 0 Å². The Kier molecular flexibility index (Phi) is 9.19. The molecule has 3 rings (SSSR count). The van der Waals surface area contributed by atoms with Gasteiger partial charge in [-0.25, -0.2) is 0 Å². The van der Waals surface area contributed by atoms with Crippen molar-refractivity contribution >= 4 is 46.6 Å². The second kappa shape index (κ2) is 12.1. The van der Waals surface area contributed by atoms with Crippen molar-refractivity contribution in [1.29, 1.82) is 0 Å². The van der Waals surface area contributed by atoms with E-state index >= 15 is 0 Å². The number of rotatable bonds is 9. The second-order valence-electron chi connectivity index (χ2n) is 7.66. The zero-order valence-electron chi connectivity index (χ0n) is 18.2. The summed E-state index contributed by atoms with van der Waals surface area (Å²) in [5.74, 6) is -0.383. The molecule has 7 heteroatoms. The average Bonchev–Trinajstić information content (AvgIpc) is 2.80. The van der Waals surface area contributed by atoms with E-state index in [-0.39, 0.29) is 24.9 Å². The molecule has 1 N–H and O–H groups in total. The summed E-state index contributed by atoms with van der Waals surface area (Å²) in [5, 5.41) is 4.56. The molecule has 0 spiro atoms. The second-order valence-corrected chi connectivity index (χ2v) is 8.94. The maximum atomic E-state index is 13.5. The van der Waals surface area contributed by atoms with E-state index in [4.69, 9.17) is 34.8 Å². The molecule has 2 amide bonds. The third kappa shape index (κ3) is 6.97. The molecule has 1 atom stereocenters. The topological polar surface area (TPSA) is 49.4 Å². The summed E-state index contributed by atoms with van der Waals surface area (Å²) >= 11 is 18.3. The lowest BCUT2D eigenvalue weighted by Crippen LogP contribution is -2.43. The van der Waals surface area contributed by atoms with Gasteiger partial charge < -0.3 is 10.2 Å². The molecule has 3 aromatic rings. The van der Waals surface area contributed by atoms with Gasteiger partial charge in [0.25, 0.3) is 0 Å². The highest BCUT2D eigenvalue weighted by Gasteiger charge is 2.31. The van der Waals surface area contributed by atoms with Crippen molar-refractivity contribution in [3.05, 3.63) is 105 Å². The smallest absolute Gasteiger partial charge is 0.247 e. The summed E-state index contributed by atoms with van der Waals surface area (Å²) in [7, 11) is 0. The normalized spacial score (nSPS) is 11.6. The first-order valence-electron chi connectivity index (χ1n) is 10.7. The number of carbonyl (C=O) groups is 2. The number of carbonyl (C=O) groups excluding carboxylic acids is 2. The van der Waals surface area contributed by atoms with Crippen LogP contribution in [0.4, 0.5) is 0 Å². The van der Waals surface area contributed by atoms with E-state index in [0.717, 1.165) is 16.7 Å². The number of benzene rings is 3.